The largest absolute Gasteiger partial charge is 0.494 e. The van der Waals surface area contributed by atoms with E-state index in [0.29, 0.717) is 0 Å². The average Bonchev–Trinajstić information content (AvgIpc) is 3.10. The topological polar surface area (TPSA) is 18.5 Å². The van der Waals surface area contributed by atoms with E-state index in [-0.39, 0.29) is 0 Å². The normalized spacial score (nSPS) is 11.7. The molecule has 0 amide bonds. The lowest BCUT2D eigenvalue weighted by molar-refractivity contribution is 0.304. The van der Waals surface area contributed by atoms with Crippen molar-refractivity contribution in [3.63, 3.8) is 0 Å². The minimum absolute atomic E-state index is 0.788. The molecule has 5 rings (SSSR count). The second-order valence-corrected chi connectivity index (χ2v) is 12.2. The molecule has 0 atom stereocenters. The van der Waals surface area contributed by atoms with Crippen molar-refractivity contribution < 1.29 is 9.47 Å². The van der Waals surface area contributed by atoms with Crippen molar-refractivity contribution in [1.82, 2.24) is 0 Å². The first-order valence-electron chi connectivity index (χ1n) is 17.5. The highest BCUT2D eigenvalue weighted by Crippen LogP contribution is 2.35. The zero-order valence-corrected chi connectivity index (χ0v) is 27.8. The van der Waals surface area contributed by atoms with Crippen LogP contribution in [0.15, 0.2) is 97.1 Å². The molecule has 0 radical (unpaired) electrons. The molecule has 0 N–H and O–H groups in total. The Bertz CT molecular complexity index is 1510. The summed E-state index contributed by atoms with van der Waals surface area (Å²) in [4.78, 5) is 0. The van der Waals surface area contributed by atoms with Crippen LogP contribution < -0.4 is 9.47 Å². The predicted molar refractivity (Wildman–Crippen MR) is 201 cm³/mol. The third-order valence-electron chi connectivity index (χ3n) is 8.69. The first-order valence-corrected chi connectivity index (χ1v) is 17.5. The summed E-state index contributed by atoms with van der Waals surface area (Å²) in [6, 6.07) is 34.4. The first kappa shape index (κ1) is 33.1. The Hall–Kier alpha value is -4.30. The summed E-state index contributed by atoms with van der Waals surface area (Å²) in [6.45, 7) is 6.07. The van der Waals surface area contributed by atoms with Crippen LogP contribution in [0, 0.1) is 0 Å². The van der Waals surface area contributed by atoms with Crippen molar-refractivity contribution in [3.8, 4) is 11.5 Å². The van der Waals surface area contributed by atoms with Crippen LogP contribution in [-0.2, 0) is 0 Å². The maximum atomic E-state index is 5.99. The van der Waals surface area contributed by atoms with Gasteiger partial charge in [0.15, 0.2) is 0 Å². The van der Waals surface area contributed by atoms with Gasteiger partial charge in [-0.3, -0.25) is 0 Å². The Kier molecular flexibility index (Phi) is 12.9. The molecule has 0 unspecified atom stereocenters. The molecular weight excluding hydrogens is 560 g/mol. The van der Waals surface area contributed by atoms with Crippen LogP contribution in [0.5, 0.6) is 11.5 Å². The minimum Gasteiger partial charge on any atom is -0.494 e. The van der Waals surface area contributed by atoms with Crippen molar-refractivity contribution in [1.29, 1.82) is 0 Å². The van der Waals surface area contributed by atoms with Gasteiger partial charge in [0.1, 0.15) is 11.5 Å². The number of rotatable bonds is 18. The molecule has 0 aliphatic carbocycles. The molecule has 2 nitrogen and oxygen atoms in total. The van der Waals surface area contributed by atoms with Crippen molar-refractivity contribution >= 4 is 45.8 Å². The van der Waals surface area contributed by atoms with Crippen molar-refractivity contribution in [3.05, 3.63) is 119 Å². The van der Waals surface area contributed by atoms with Gasteiger partial charge < -0.3 is 9.47 Å². The van der Waals surface area contributed by atoms with Gasteiger partial charge in [0.05, 0.1) is 13.2 Å². The Morgan fingerprint density at radius 1 is 0.391 bits per heavy atom. The second-order valence-electron chi connectivity index (χ2n) is 12.2. The lowest BCUT2D eigenvalue weighted by atomic mass is 9.91. The molecule has 0 aromatic heterocycles. The van der Waals surface area contributed by atoms with Crippen LogP contribution in [0.4, 0.5) is 0 Å². The summed E-state index contributed by atoms with van der Waals surface area (Å²) in [5, 5.41) is 5.01. The van der Waals surface area contributed by atoms with Gasteiger partial charge in [-0.2, -0.15) is 0 Å². The fourth-order valence-corrected chi connectivity index (χ4v) is 6.06. The van der Waals surface area contributed by atoms with Gasteiger partial charge in [0.2, 0.25) is 0 Å². The SMILES string of the molecule is CCCCCCCOc1ccc(/C=C/c2c3ccccc3c(/C=C/c3ccc(OCCCCCCC)cc3)c3ccccc23)cc1. The Labute approximate surface area is 276 Å². The number of benzene rings is 5. The quantitative estimate of drug-likeness (QED) is 0.0558. The Balaban J connectivity index is 1.31. The van der Waals surface area contributed by atoms with Gasteiger partial charge in [0, 0.05) is 0 Å². The summed E-state index contributed by atoms with van der Waals surface area (Å²) >= 11 is 0. The monoisotopic (exact) mass is 610 g/mol. The highest BCUT2D eigenvalue weighted by Gasteiger charge is 2.10. The number of unbranched alkanes of at least 4 members (excludes halogenated alkanes) is 8. The first-order chi connectivity index (χ1) is 22.8. The maximum absolute atomic E-state index is 5.99. The highest BCUT2D eigenvalue weighted by atomic mass is 16.5. The molecule has 46 heavy (non-hydrogen) atoms. The van der Waals surface area contributed by atoms with Gasteiger partial charge in [-0.25, -0.2) is 0 Å². The van der Waals surface area contributed by atoms with E-state index in [4.69, 9.17) is 9.47 Å². The number of fused-ring (bicyclic) bond motifs is 2. The van der Waals surface area contributed by atoms with Crippen LogP contribution in [0.1, 0.15) is 100 Å². The van der Waals surface area contributed by atoms with E-state index in [1.165, 1.54) is 84.0 Å². The van der Waals surface area contributed by atoms with Crippen molar-refractivity contribution in [2.45, 2.75) is 78.1 Å². The minimum atomic E-state index is 0.788. The Morgan fingerprint density at radius 2 is 0.739 bits per heavy atom. The smallest absolute Gasteiger partial charge is 0.119 e. The average molecular weight is 611 g/mol. The van der Waals surface area contributed by atoms with Crippen LogP contribution in [0.25, 0.3) is 45.8 Å². The molecule has 0 saturated carbocycles. The lowest BCUT2D eigenvalue weighted by Crippen LogP contribution is -1.97. The summed E-state index contributed by atoms with van der Waals surface area (Å²) in [7, 11) is 0. The van der Waals surface area contributed by atoms with E-state index >= 15 is 0 Å². The van der Waals surface area contributed by atoms with E-state index in [2.05, 4.69) is 135 Å². The van der Waals surface area contributed by atoms with Crippen molar-refractivity contribution in [2.24, 2.45) is 0 Å². The predicted octanol–water partition coefficient (Wildman–Crippen LogP) is 13.0. The summed E-state index contributed by atoms with van der Waals surface area (Å²) in [5.74, 6) is 1.89. The highest BCUT2D eigenvalue weighted by molar-refractivity contribution is 6.14. The van der Waals surface area contributed by atoms with Gasteiger partial charge in [-0.1, -0.05) is 162 Å². The number of ether oxygens (including phenoxy) is 2. The van der Waals surface area contributed by atoms with E-state index in [1.54, 1.807) is 0 Å². The maximum Gasteiger partial charge on any atom is 0.119 e. The molecule has 238 valence electrons. The summed E-state index contributed by atoms with van der Waals surface area (Å²) in [5.41, 5.74) is 4.81. The van der Waals surface area contributed by atoms with Crippen LogP contribution in [-0.4, -0.2) is 13.2 Å². The van der Waals surface area contributed by atoms with Crippen molar-refractivity contribution in [2.75, 3.05) is 13.2 Å². The standard InChI is InChI=1S/C44H50O2/c1-3-5-7-9-15-33-45-37-27-21-35(22-28-37)25-31-43-39-17-11-13-19-41(39)44(42-20-14-12-18-40(42)43)32-26-36-23-29-38(30-24-36)46-34-16-10-8-6-4-2/h11-14,17-32H,3-10,15-16,33-34H2,1-2H3/b31-25+,32-26+. The molecule has 0 bridgehead atoms. The summed E-state index contributed by atoms with van der Waals surface area (Å²) < 4.78 is 12.0. The molecule has 0 spiro atoms. The molecule has 0 heterocycles. The fraction of sp³-hybridized carbons (Fsp3) is 0.318. The number of hydrogen-bond acceptors (Lipinski definition) is 2. The third-order valence-corrected chi connectivity index (χ3v) is 8.69. The van der Waals surface area contributed by atoms with E-state index < -0.39 is 0 Å². The van der Waals surface area contributed by atoms with Gasteiger partial charge in [-0.05, 0) is 80.9 Å². The van der Waals surface area contributed by atoms with Gasteiger partial charge in [0.25, 0.3) is 0 Å². The van der Waals surface area contributed by atoms with Crippen LogP contribution in [0.2, 0.25) is 0 Å². The molecule has 0 aliphatic heterocycles. The molecule has 0 saturated heterocycles. The van der Waals surface area contributed by atoms with E-state index in [1.807, 2.05) is 0 Å². The van der Waals surface area contributed by atoms with E-state index in [0.717, 1.165) is 48.7 Å². The van der Waals surface area contributed by atoms with Gasteiger partial charge >= 0.3 is 0 Å². The lowest BCUT2D eigenvalue weighted by Gasteiger charge is -2.13. The number of hydrogen-bond donors (Lipinski definition) is 0. The molecular formula is C44H50O2. The fourth-order valence-electron chi connectivity index (χ4n) is 6.06. The summed E-state index contributed by atoms with van der Waals surface area (Å²) in [6.07, 6.45) is 21.5. The molecule has 5 aromatic rings. The van der Waals surface area contributed by atoms with Crippen LogP contribution in [0.3, 0.4) is 0 Å². The molecule has 0 fully saturated rings. The van der Waals surface area contributed by atoms with Gasteiger partial charge in [-0.15, -0.1) is 0 Å². The molecule has 0 aliphatic rings. The third kappa shape index (κ3) is 9.36. The van der Waals surface area contributed by atoms with Crippen LogP contribution >= 0.6 is 0 Å². The molecule has 2 heteroatoms. The Morgan fingerprint density at radius 3 is 1.09 bits per heavy atom. The van der Waals surface area contributed by atoms with E-state index in [9.17, 15) is 0 Å². The molecule has 5 aromatic carbocycles. The zero-order chi connectivity index (χ0) is 31.8. The second kappa shape index (κ2) is 18.0. The zero-order valence-electron chi connectivity index (χ0n) is 27.8.